The van der Waals surface area contributed by atoms with Gasteiger partial charge in [-0.2, -0.15) is 0 Å². The van der Waals surface area contributed by atoms with Crippen molar-refractivity contribution in [2.24, 2.45) is 11.8 Å². The van der Waals surface area contributed by atoms with Crippen molar-refractivity contribution in [1.82, 2.24) is 0 Å². The Morgan fingerprint density at radius 3 is 0.738 bits per heavy atom. The number of aliphatic hydroxyl groups is 1. The molecule has 17 nitrogen and oxygen atoms in total. The summed E-state index contributed by atoms with van der Waals surface area (Å²) in [4.78, 5) is 73.0. The minimum Gasteiger partial charge on any atom is -0.462 e. The highest BCUT2D eigenvalue weighted by Crippen LogP contribution is 2.45. The quantitative estimate of drug-likeness (QED) is 0.0222. The molecule has 3 N–H and O–H groups in total. The van der Waals surface area contributed by atoms with Crippen molar-refractivity contribution in [3.63, 3.8) is 0 Å². The van der Waals surface area contributed by atoms with Crippen LogP contribution >= 0.6 is 15.6 Å². The van der Waals surface area contributed by atoms with Crippen LogP contribution in [-0.2, 0) is 65.4 Å². The molecule has 0 spiro atoms. The molecule has 3 unspecified atom stereocenters. The Morgan fingerprint density at radius 2 is 0.495 bits per heavy atom. The first-order valence-corrected chi connectivity index (χ1v) is 46.5. The Hall–Kier alpha value is -1.94. The summed E-state index contributed by atoms with van der Waals surface area (Å²) >= 11 is 0. The highest BCUT2D eigenvalue weighted by Gasteiger charge is 2.30. The van der Waals surface area contributed by atoms with Gasteiger partial charge < -0.3 is 33.8 Å². The number of hydrogen-bond donors (Lipinski definition) is 3. The summed E-state index contributed by atoms with van der Waals surface area (Å²) in [5, 5.41) is 10.6. The number of phosphoric ester groups is 2. The number of esters is 4. The lowest BCUT2D eigenvalue weighted by Crippen LogP contribution is -2.30. The largest absolute Gasteiger partial charge is 0.472 e. The first kappa shape index (κ1) is 101. The maximum absolute atomic E-state index is 13.1. The van der Waals surface area contributed by atoms with Crippen LogP contribution in [0.1, 0.15) is 446 Å². The molecule has 0 radical (unpaired) electrons. The van der Waals surface area contributed by atoms with Crippen molar-refractivity contribution in [3.05, 3.63) is 0 Å². The van der Waals surface area contributed by atoms with Gasteiger partial charge in [0, 0.05) is 25.7 Å². The fourth-order valence-corrected chi connectivity index (χ4v) is 14.6. The summed E-state index contributed by atoms with van der Waals surface area (Å²) in [6.07, 6.45) is 66.8. The molecule has 6 atom stereocenters. The van der Waals surface area contributed by atoms with Crippen molar-refractivity contribution >= 4 is 39.5 Å². The van der Waals surface area contributed by atoms with E-state index in [0.717, 1.165) is 115 Å². The average Bonchev–Trinajstić information content (AvgIpc) is 0.909. The van der Waals surface area contributed by atoms with E-state index in [9.17, 15) is 43.2 Å². The predicted molar refractivity (Wildman–Crippen MR) is 423 cm³/mol. The smallest absolute Gasteiger partial charge is 0.462 e. The van der Waals surface area contributed by atoms with Crippen LogP contribution in [0.5, 0.6) is 0 Å². The van der Waals surface area contributed by atoms with E-state index < -0.39 is 97.5 Å². The SMILES string of the molecule is CCCCCCCCCCCCCCCCCCC(=O)O[C@H](COC(=O)CCCCCCCCC)COP(=O)(O)OC[C@H](O)COP(=O)(O)OC[C@@H](COC(=O)CCCCCCCCCCCCCCCCCC(C)C)OC(=O)CCCCCCCCCCCCCCCCCCCCC(C)CC. The lowest BCUT2D eigenvalue weighted by atomic mass is 9.99. The molecule has 0 saturated carbocycles. The van der Waals surface area contributed by atoms with Gasteiger partial charge in [0.25, 0.3) is 0 Å². The number of rotatable bonds is 83. The van der Waals surface area contributed by atoms with Crippen LogP contribution in [0, 0.1) is 11.8 Å². The first-order chi connectivity index (χ1) is 49.9. The molecule has 0 bridgehead atoms. The van der Waals surface area contributed by atoms with Gasteiger partial charge in [0.1, 0.15) is 19.3 Å². The summed E-state index contributed by atoms with van der Waals surface area (Å²) in [6, 6.07) is 0. The number of ether oxygens (including phenoxy) is 4. The number of unbranched alkanes of at least 4 members (excludes halogenated alkanes) is 52. The van der Waals surface area contributed by atoms with Gasteiger partial charge in [-0.1, -0.05) is 395 Å². The van der Waals surface area contributed by atoms with Gasteiger partial charge in [0.2, 0.25) is 0 Å². The monoisotopic (exact) mass is 1510 g/mol. The van der Waals surface area contributed by atoms with Crippen LogP contribution in [0.25, 0.3) is 0 Å². The zero-order valence-corrected chi connectivity index (χ0v) is 69.4. The molecular formula is C84H164O17P2. The molecule has 612 valence electrons. The van der Waals surface area contributed by atoms with E-state index in [0.29, 0.717) is 25.7 Å². The Labute approximate surface area is 632 Å². The van der Waals surface area contributed by atoms with Crippen LogP contribution in [0.3, 0.4) is 0 Å². The van der Waals surface area contributed by atoms with Crippen LogP contribution in [0.15, 0.2) is 0 Å². The van der Waals surface area contributed by atoms with Gasteiger partial charge >= 0.3 is 39.5 Å². The minimum atomic E-state index is -4.96. The molecule has 0 aromatic rings. The highest BCUT2D eigenvalue weighted by atomic mass is 31.2. The summed E-state index contributed by atoms with van der Waals surface area (Å²) in [5.74, 6) is -0.431. The topological polar surface area (TPSA) is 237 Å². The van der Waals surface area contributed by atoms with Crippen molar-refractivity contribution in [2.45, 2.75) is 464 Å². The Morgan fingerprint density at radius 1 is 0.282 bits per heavy atom. The lowest BCUT2D eigenvalue weighted by molar-refractivity contribution is -0.161. The minimum absolute atomic E-state index is 0.108. The molecular weight excluding hydrogens is 1340 g/mol. The standard InChI is InChI=1S/C84H164O17P2/c1-7-10-12-14-16-17-18-19-20-28-34-39-44-50-56-62-68-83(88)100-79(72-94-81(86)66-60-54-46-15-13-11-8-2)74-98-102(90,91)96-70-78(85)71-97-103(92,93)99-75-80(73-95-82(87)67-61-55-49-43-38-33-30-25-26-31-36-41-47-52-58-64-76(4)5)101-84(89)69-63-57-51-45-40-35-29-24-22-21-23-27-32-37-42-48-53-59-65-77(6)9-3/h76-80,85H,7-75H2,1-6H3,(H,90,91)(H,92,93)/t77?,78-,79+,80+/m0/s1. The molecule has 0 aliphatic heterocycles. The van der Waals surface area contributed by atoms with Gasteiger partial charge in [-0.25, -0.2) is 9.13 Å². The summed E-state index contributed by atoms with van der Waals surface area (Å²) in [6.45, 7) is 9.71. The molecule has 0 aromatic heterocycles. The predicted octanol–water partition coefficient (Wildman–Crippen LogP) is 25.5. The number of phosphoric acid groups is 2. The average molecular weight is 1510 g/mol. The maximum Gasteiger partial charge on any atom is 0.472 e. The van der Waals surface area contributed by atoms with Gasteiger partial charge in [0.15, 0.2) is 12.2 Å². The molecule has 0 aliphatic rings. The van der Waals surface area contributed by atoms with E-state index in [1.54, 1.807) is 0 Å². The molecule has 19 heteroatoms. The molecule has 103 heavy (non-hydrogen) atoms. The first-order valence-electron chi connectivity index (χ1n) is 43.5. The summed E-state index contributed by atoms with van der Waals surface area (Å²) in [5.41, 5.74) is 0. The van der Waals surface area contributed by atoms with E-state index in [-0.39, 0.29) is 25.7 Å². The third-order valence-electron chi connectivity index (χ3n) is 20.1. The van der Waals surface area contributed by atoms with Crippen LogP contribution in [0.4, 0.5) is 0 Å². The number of carbonyl (C=O) groups is 4. The van der Waals surface area contributed by atoms with Crippen LogP contribution in [0.2, 0.25) is 0 Å². The normalized spacial score (nSPS) is 14.1. The van der Waals surface area contributed by atoms with E-state index in [1.807, 2.05) is 0 Å². The van der Waals surface area contributed by atoms with E-state index in [1.165, 1.54) is 250 Å². The fourth-order valence-electron chi connectivity index (χ4n) is 13.0. The van der Waals surface area contributed by atoms with Crippen molar-refractivity contribution in [3.8, 4) is 0 Å². The second kappa shape index (κ2) is 75.5. The van der Waals surface area contributed by atoms with Crippen molar-refractivity contribution in [2.75, 3.05) is 39.6 Å². The molecule has 0 aliphatic carbocycles. The second-order valence-corrected chi connectivity index (χ2v) is 33.8. The molecule has 0 saturated heterocycles. The molecule has 0 heterocycles. The van der Waals surface area contributed by atoms with Gasteiger partial charge in [-0.05, 0) is 37.5 Å². The Balaban J connectivity index is 5.16. The number of carbonyl (C=O) groups excluding carboxylic acids is 4. The Bertz CT molecular complexity index is 1980. The zero-order chi connectivity index (χ0) is 75.6. The van der Waals surface area contributed by atoms with Crippen LogP contribution in [-0.4, -0.2) is 96.7 Å². The van der Waals surface area contributed by atoms with Crippen molar-refractivity contribution in [1.29, 1.82) is 0 Å². The third-order valence-corrected chi connectivity index (χ3v) is 22.0. The van der Waals surface area contributed by atoms with Crippen molar-refractivity contribution < 1.29 is 80.2 Å². The molecule has 0 aromatic carbocycles. The Kier molecular flexibility index (Phi) is 74.1. The van der Waals surface area contributed by atoms with E-state index in [2.05, 4.69) is 41.5 Å². The maximum atomic E-state index is 13.1. The van der Waals surface area contributed by atoms with Gasteiger partial charge in [-0.3, -0.25) is 37.3 Å². The summed E-state index contributed by atoms with van der Waals surface area (Å²) < 4.78 is 68.7. The number of hydrogen-bond acceptors (Lipinski definition) is 15. The van der Waals surface area contributed by atoms with E-state index in [4.69, 9.17) is 37.0 Å². The molecule has 0 amide bonds. The lowest BCUT2D eigenvalue weighted by Gasteiger charge is -2.21. The van der Waals surface area contributed by atoms with Gasteiger partial charge in [-0.15, -0.1) is 0 Å². The third kappa shape index (κ3) is 76.6. The number of aliphatic hydroxyl groups excluding tert-OH is 1. The molecule has 0 rings (SSSR count). The van der Waals surface area contributed by atoms with E-state index >= 15 is 0 Å². The fraction of sp³-hybridized carbons (Fsp3) is 0.952. The second-order valence-electron chi connectivity index (χ2n) is 30.9. The van der Waals surface area contributed by atoms with Crippen LogP contribution < -0.4 is 0 Å². The summed E-state index contributed by atoms with van der Waals surface area (Å²) in [7, 11) is -9.92. The van der Waals surface area contributed by atoms with Gasteiger partial charge in [0.05, 0.1) is 26.4 Å². The highest BCUT2D eigenvalue weighted by molar-refractivity contribution is 7.47. The zero-order valence-electron chi connectivity index (χ0n) is 67.6. The molecule has 0 fully saturated rings.